The molecule has 2 rings (SSSR count). The Morgan fingerprint density at radius 2 is 2.00 bits per heavy atom. The molecule has 1 aliphatic rings. The molecule has 1 aromatic rings. The van der Waals surface area contributed by atoms with Crippen molar-refractivity contribution < 1.29 is 10.2 Å². The summed E-state index contributed by atoms with van der Waals surface area (Å²) < 4.78 is 0. The fraction of sp³-hybridized carbons (Fsp3) is 0.500. The summed E-state index contributed by atoms with van der Waals surface area (Å²) in [5, 5.41) is 19.2. The summed E-state index contributed by atoms with van der Waals surface area (Å²) in [5.74, 6) is 0. The average Bonchev–Trinajstić information content (AvgIpc) is 2.68. The standard InChI is InChI=1S/C12H18N2O2S/c1-17-12-4-2-3-9(8(12)5-13)14-6-10(15)11(16)7-14/h2-4,10-11,15-16H,5-7,13H2,1H3. The highest BCUT2D eigenvalue weighted by Gasteiger charge is 2.30. The van der Waals surface area contributed by atoms with Gasteiger partial charge in [-0.3, -0.25) is 0 Å². The maximum atomic E-state index is 9.59. The number of rotatable bonds is 3. The highest BCUT2D eigenvalue weighted by Crippen LogP contribution is 2.31. The third-order valence-electron chi connectivity index (χ3n) is 3.13. The van der Waals surface area contributed by atoms with Crippen LogP contribution in [-0.4, -0.2) is 41.8 Å². The first kappa shape index (κ1) is 12.7. The molecular weight excluding hydrogens is 236 g/mol. The van der Waals surface area contributed by atoms with Crippen molar-refractivity contribution in [2.45, 2.75) is 23.6 Å². The number of aliphatic hydroxyl groups excluding tert-OH is 2. The quantitative estimate of drug-likeness (QED) is 0.682. The van der Waals surface area contributed by atoms with Crippen LogP contribution in [-0.2, 0) is 6.54 Å². The van der Waals surface area contributed by atoms with Gasteiger partial charge in [-0.2, -0.15) is 0 Å². The number of benzene rings is 1. The molecule has 5 heteroatoms. The Kier molecular flexibility index (Phi) is 3.93. The van der Waals surface area contributed by atoms with Crippen molar-refractivity contribution in [3.63, 3.8) is 0 Å². The molecule has 0 radical (unpaired) electrons. The van der Waals surface area contributed by atoms with Gasteiger partial charge in [0.25, 0.3) is 0 Å². The smallest absolute Gasteiger partial charge is 0.0990 e. The number of nitrogens with two attached hydrogens (primary N) is 1. The number of nitrogens with zero attached hydrogens (tertiary/aromatic N) is 1. The molecule has 0 saturated carbocycles. The Morgan fingerprint density at radius 3 is 2.53 bits per heavy atom. The topological polar surface area (TPSA) is 69.7 Å². The van der Waals surface area contributed by atoms with Gasteiger partial charge in [0.15, 0.2) is 0 Å². The molecule has 94 valence electrons. The van der Waals surface area contributed by atoms with Crippen LogP contribution in [0.25, 0.3) is 0 Å². The van der Waals surface area contributed by atoms with Crippen LogP contribution >= 0.6 is 11.8 Å². The lowest BCUT2D eigenvalue weighted by atomic mass is 10.1. The van der Waals surface area contributed by atoms with E-state index in [-0.39, 0.29) is 0 Å². The number of β-amino-alcohol motifs (C(OH)–C–C–N with tert-alkyl or cyclic N) is 2. The third kappa shape index (κ3) is 2.42. The Bertz CT molecular complexity index is 390. The first-order chi connectivity index (χ1) is 8.17. The lowest BCUT2D eigenvalue weighted by molar-refractivity contribution is 0.0572. The number of thioether (sulfide) groups is 1. The average molecular weight is 254 g/mol. The summed E-state index contributed by atoms with van der Waals surface area (Å²) in [5.41, 5.74) is 7.91. The maximum Gasteiger partial charge on any atom is 0.0990 e. The highest BCUT2D eigenvalue weighted by atomic mass is 32.2. The molecular formula is C12H18N2O2S. The van der Waals surface area contributed by atoms with Crippen molar-refractivity contribution in [1.82, 2.24) is 0 Å². The molecule has 4 nitrogen and oxygen atoms in total. The molecule has 2 atom stereocenters. The van der Waals surface area contributed by atoms with E-state index in [9.17, 15) is 10.2 Å². The molecule has 1 aliphatic heterocycles. The van der Waals surface area contributed by atoms with Crippen LogP contribution in [0.5, 0.6) is 0 Å². The maximum absolute atomic E-state index is 9.59. The Morgan fingerprint density at radius 1 is 1.35 bits per heavy atom. The number of hydrogen-bond acceptors (Lipinski definition) is 5. The predicted molar refractivity (Wildman–Crippen MR) is 70.3 cm³/mol. The van der Waals surface area contributed by atoms with Gasteiger partial charge in [-0.05, 0) is 18.4 Å². The fourth-order valence-electron chi connectivity index (χ4n) is 2.21. The van der Waals surface area contributed by atoms with Gasteiger partial charge >= 0.3 is 0 Å². The van der Waals surface area contributed by atoms with Crippen LogP contribution in [0.4, 0.5) is 5.69 Å². The predicted octanol–water partition coefficient (Wildman–Crippen LogP) is 0.409. The van der Waals surface area contributed by atoms with E-state index in [1.54, 1.807) is 11.8 Å². The van der Waals surface area contributed by atoms with Gasteiger partial charge in [-0.15, -0.1) is 11.8 Å². The second kappa shape index (κ2) is 5.27. The van der Waals surface area contributed by atoms with Crippen molar-refractivity contribution in [2.75, 3.05) is 24.2 Å². The van der Waals surface area contributed by atoms with Crippen LogP contribution in [0.15, 0.2) is 23.1 Å². The van der Waals surface area contributed by atoms with Crippen molar-refractivity contribution >= 4 is 17.4 Å². The third-order valence-corrected chi connectivity index (χ3v) is 3.95. The molecule has 0 aromatic heterocycles. The molecule has 17 heavy (non-hydrogen) atoms. The first-order valence-corrected chi connectivity index (χ1v) is 6.87. The minimum atomic E-state index is -0.668. The molecule has 1 saturated heterocycles. The van der Waals surface area contributed by atoms with Crippen molar-refractivity contribution in [2.24, 2.45) is 5.73 Å². The van der Waals surface area contributed by atoms with Crippen LogP contribution < -0.4 is 10.6 Å². The van der Waals surface area contributed by atoms with E-state index in [0.717, 1.165) is 16.1 Å². The van der Waals surface area contributed by atoms with Gasteiger partial charge in [-0.1, -0.05) is 6.07 Å². The zero-order chi connectivity index (χ0) is 12.4. The van der Waals surface area contributed by atoms with E-state index in [2.05, 4.69) is 0 Å². The molecule has 4 N–H and O–H groups in total. The minimum Gasteiger partial charge on any atom is -0.389 e. The zero-order valence-electron chi connectivity index (χ0n) is 9.84. The second-order valence-electron chi connectivity index (χ2n) is 4.20. The van der Waals surface area contributed by atoms with Crippen molar-refractivity contribution in [3.8, 4) is 0 Å². The summed E-state index contributed by atoms with van der Waals surface area (Å²) in [4.78, 5) is 3.15. The van der Waals surface area contributed by atoms with E-state index < -0.39 is 12.2 Å². The van der Waals surface area contributed by atoms with E-state index >= 15 is 0 Å². The summed E-state index contributed by atoms with van der Waals surface area (Å²) >= 11 is 1.66. The molecule has 0 bridgehead atoms. The number of anilines is 1. The number of aliphatic hydroxyl groups is 2. The summed E-state index contributed by atoms with van der Waals surface area (Å²) in [6, 6.07) is 6.02. The first-order valence-electron chi connectivity index (χ1n) is 5.64. The van der Waals surface area contributed by atoms with Crippen molar-refractivity contribution in [3.05, 3.63) is 23.8 Å². The van der Waals surface area contributed by atoms with Crippen LogP contribution in [0, 0.1) is 0 Å². The largest absolute Gasteiger partial charge is 0.389 e. The molecule has 1 fully saturated rings. The second-order valence-corrected chi connectivity index (χ2v) is 5.05. The van der Waals surface area contributed by atoms with Gasteiger partial charge in [0, 0.05) is 35.8 Å². The van der Waals surface area contributed by atoms with Crippen LogP contribution in [0.1, 0.15) is 5.56 Å². The number of hydrogen-bond donors (Lipinski definition) is 3. The van der Waals surface area contributed by atoms with Gasteiger partial charge in [0.2, 0.25) is 0 Å². The highest BCUT2D eigenvalue weighted by molar-refractivity contribution is 7.98. The normalized spacial score (nSPS) is 24.4. The molecule has 0 amide bonds. The van der Waals surface area contributed by atoms with E-state index in [1.807, 2.05) is 29.4 Å². The fourth-order valence-corrected chi connectivity index (χ4v) is 2.86. The molecule has 0 spiro atoms. The minimum absolute atomic E-state index is 0.464. The van der Waals surface area contributed by atoms with Gasteiger partial charge in [0.1, 0.15) is 0 Å². The molecule has 0 aliphatic carbocycles. The van der Waals surface area contributed by atoms with Gasteiger partial charge in [-0.25, -0.2) is 0 Å². The Labute approximate surface area is 105 Å². The molecule has 1 aromatic carbocycles. The molecule has 2 unspecified atom stereocenters. The van der Waals surface area contributed by atoms with Crippen molar-refractivity contribution in [1.29, 1.82) is 0 Å². The van der Waals surface area contributed by atoms with Crippen LogP contribution in [0.3, 0.4) is 0 Å². The summed E-state index contributed by atoms with van der Waals surface area (Å²) in [6.07, 6.45) is 0.684. The summed E-state index contributed by atoms with van der Waals surface area (Å²) in [6.45, 7) is 1.40. The van der Waals surface area contributed by atoms with E-state index in [1.165, 1.54) is 0 Å². The van der Waals surface area contributed by atoms with Gasteiger partial charge < -0.3 is 20.8 Å². The monoisotopic (exact) mass is 254 g/mol. The van der Waals surface area contributed by atoms with E-state index in [4.69, 9.17) is 5.73 Å². The lowest BCUT2D eigenvalue weighted by Gasteiger charge is -2.22. The van der Waals surface area contributed by atoms with Gasteiger partial charge in [0.05, 0.1) is 12.2 Å². The Hall–Kier alpha value is -0.750. The molecule has 1 heterocycles. The summed E-state index contributed by atoms with van der Waals surface area (Å²) in [7, 11) is 0. The zero-order valence-corrected chi connectivity index (χ0v) is 10.7. The Balaban J connectivity index is 2.32. The van der Waals surface area contributed by atoms with E-state index in [0.29, 0.717) is 19.6 Å². The SMILES string of the molecule is CSc1cccc(N2CC(O)C(O)C2)c1CN. The van der Waals surface area contributed by atoms with Crippen LogP contribution in [0.2, 0.25) is 0 Å². The lowest BCUT2D eigenvalue weighted by Crippen LogP contribution is -2.23.